The molecule has 88 valence electrons. The second-order valence-electron chi connectivity index (χ2n) is 4.08. The molecular formula is C15H16FN. The molecule has 0 unspecified atom stereocenters. The Labute approximate surface area is 101 Å². The summed E-state index contributed by atoms with van der Waals surface area (Å²) >= 11 is 0. The van der Waals surface area contributed by atoms with Gasteiger partial charge >= 0.3 is 0 Å². The lowest BCUT2D eigenvalue weighted by atomic mass is 9.90. The highest BCUT2D eigenvalue weighted by Gasteiger charge is 2.20. The zero-order chi connectivity index (χ0) is 12.3. The van der Waals surface area contributed by atoms with Crippen molar-refractivity contribution in [3.8, 4) is 0 Å². The average Bonchev–Trinajstić information content (AvgIpc) is 2.38. The third kappa shape index (κ3) is 2.37. The van der Waals surface area contributed by atoms with Crippen molar-refractivity contribution in [2.75, 3.05) is 6.54 Å². The van der Waals surface area contributed by atoms with Gasteiger partial charge in [-0.15, -0.1) is 0 Å². The van der Waals surface area contributed by atoms with Crippen LogP contribution in [0.15, 0.2) is 60.7 Å². The Balaban J connectivity index is 2.40. The first-order valence-electron chi connectivity index (χ1n) is 5.73. The molecule has 1 aliphatic rings. The molecule has 0 saturated heterocycles. The Morgan fingerprint density at radius 2 is 1.88 bits per heavy atom. The van der Waals surface area contributed by atoms with E-state index in [0.29, 0.717) is 0 Å². The maximum absolute atomic E-state index is 12.9. The molecule has 1 atom stereocenters. The van der Waals surface area contributed by atoms with Crippen LogP contribution in [0.1, 0.15) is 18.0 Å². The van der Waals surface area contributed by atoms with Gasteiger partial charge in [0.2, 0.25) is 0 Å². The highest BCUT2D eigenvalue weighted by Crippen LogP contribution is 2.30. The number of nitrogens with one attached hydrogen (secondary N) is 1. The van der Waals surface area contributed by atoms with Gasteiger partial charge in [0.05, 0.1) is 6.04 Å². The summed E-state index contributed by atoms with van der Waals surface area (Å²) in [4.78, 5) is 0. The standard InChI is InChI=1S/C15H16FN/c1-3-11-9-10-17-15(14(11)4-2)12-5-7-13(16)8-6-12/h3-8,15,17H,1-2,9-10H2/t15-/m0/s1. The fourth-order valence-corrected chi connectivity index (χ4v) is 2.21. The molecule has 0 saturated carbocycles. The molecule has 1 heterocycles. The molecule has 0 radical (unpaired) electrons. The molecule has 0 spiro atoms. The minimum atomic E-state index is -0.211. The fourth-order valence-electron chi connectivity index (χ4n) is 2.21. The van der Waals surface area contributed by atoms with Crippen molar-refractivity contribution < 1.29 is 4.39 Å². The van der Waals surface area contributed by atoms with Gasteiger partial charge in [0.1, 0.15) is 5.82 Å². The zero-order valence-electron chi connectivity index (χ0n) is 9.75. The van der Waals surface area contributed by atoms with Gasteiger partial charge in [0.25, 0.3) is 0 Å². The fraction of sp³-hybridized carbons (Fsp3) is 0.200. The van der Waals surface area contributed by atoms with E-state index in [1.54, 1.807) is 0 Å². The number of hydrogen-bond acceptors (Lipinski definition) is 1. The van der Waals surface area contributed by atoms with Crippen molar-refractivity contribution in [3.63, 3.8) is 0 Å². The van der Waals surface area contributed by atoms with E-state index in [1.165, 1.54) is 17.7 Å². The molecule has 0 aromatic heterocycles. The number of benzene rings is 1. The molecule has 1 aliphatic heterocycles. The van der Waals surface area contributed by atoms with Gasteiger partial charge in [-0.1, -0.05) is 37.4 Å². The monoisotopic (exact) mass is 229 g/mol. The Morgan fingerprint density at radius 3 is 2.47 bits per heavy atom. The first-order chi connectivity index (χ1) is 8.26. The number of rotatable bonds is 3. The molecule has 0 amide bonds. The first-order valence-corrected chi connectivity index (χ1v) is 5.73. The van der Waals surface area contributed by atoms with E-state index in [1.807, 2.05) is 24.3 Å². The summed E-state index contributed by atoms with van der Waals surface area (Å²) in [7, 11) is 0. The van der Waals surface area contributed by atoms with Crippen LogP contribution in [-0.2, 0) is 0 Å². The quantitative estimate of drug-likeness (QED) is 0.836. The highest BCUT2D eigenvalue weighted by atomic mass is 19.1. The summed E-state index contributed by atoms with van der Waals surface area (Å²) in [5.41, 5.74) is 3.41. The van der Waals surface area contributed by atoms with Gasteiger partial charge in [-0.3, -0.25) is 0 Å². The molecule has 1 N–H and O–H groups in total. The van der Waals surface area contributed by atoms with Crippen LogP contribution in [0.4, 0.5) is 4.39 Å². The normalized spacial score (nSPS) is 20.2. The van der Waals surface area contributed by atoms with Gasteiger partial charge in [0, 0.05) is 6.54 Å². The third-order valence-corrected chi connectivity index (χ3v) is 3.09. The molecule has 2 rings (SSSR count). The van der Waals surface area contributed by atoms with Crippen LogP contribution in [0.2, 0.25) is 0 Å². The summed E-state index contributed by atoms with van der Waals surface area (Å²) in [6.45, 7) is 8.59. The van der Waals surface area contributed by atoms with Gasteiger partial charge in [0.15, 0.2) is 0 Å². The average molecular weight is 229 g/mol. The topological polar surface area (TPSA) is 12.0 Å². The van der Waals surface area contributed by atoms with E-state index >= 15 is 0 Å². The molecule has 0 fully saturated rings. The molecular weight excluding hydrogens is 213 g/mol. The summed E-state index contributed by atoms with van der Waals surface area (Å²) in [6, 6.07) is 6.68. The Kier molecular flexibility index (Phi) is 3.55. The molecule has 0 aliphatic carbocycles. The van der Waals surface area contributed by atoms with Crippen LogP contribution in [0, 0.1) is 5.82 Å². The maximum Gasteiger partial charge on any atom is 0.123 e. The second kappa shape index (κ2) is 5.11. The summed E-state index contributed by atoms with van der Waals surface area (Å²) < 4.78 is 12.9. The predicted molar refractivity (Wildman–Crippen MR) is 69.2 cm³/mol. The van der Waals surface area contributed by atoms with E-state index in [2.05, 4.69) is 18.5 Å². The van der Waals surface area contributed by atoms with E-state index in [4.69, 9.17) is 0 Å². The SMILES string of the molecule is C=CC1=C(C=C)[C@H](c2ccc(F)cc2)NCC1. The number of allylic oxidation sites excluding steroid dienone is 1. The lowest BCUT2D eigenvalue weighted by Gasteiger charge is -2.27. The largest absolute Gasteiger partial charge is 0.306 e. The smallest absolute Gasteiger partial charge is 0.123 e. The first kappa shape index (κ1) is 11.8. The van der Waals surface area contributed by atoms with E-state index in [9.17, 15) is 4.39 Å². The highest BCUT2D eigenvalue weighted by molar-refractivity contribution is 5.42. The van der Waals surface area contributed by atoms with Crippen LogP contribution < -0.4 is 5.32 Å². The van der Waals surface area contributed by atoms with E-state index in [-0.39, 0.29) is 11.9 Å². The van der Waals surface area contributed by atoms with E-state index < -0.39 is 0 Å². The number of hydrogen-bond donors (Lipinski definition) is 1. The van der Waals surface area contributed by atoms with Crippen molar-refractivity contribution in [1.29, 1.82) is 0 Å². The van der Waals surface area contributed by atoms with Crippen LogP contribution in [0.25, 0.3) is 0 Å². The van der Waals surface area contributed by atoms with Crippen molar-refractivity contribution >= 4 is 0 Å². The molecule has 2 heteroatoms. The van der Waals surface area contributed by atoms with Gasteiger partial charge < -0.3 is 5.32 Å². The Hall–Kier alpha value is -1.67. The summed E-state index contributed by atoms with van der Waals surface area (Å²) in [5.74, 6) is -0.211. The lowest BCUT2D eigenvalue weighted by Crippen LogP contribution is -2.28. The Morgan fingerprint density at radius 1 is 1.18 bits per heavy atom. The van der Waals surface area contributed by atoms with Gasteiger partial charge in [-0.2, -0.15) is 0 Å². The molecule has 0 bridgehead atoms. The molecule has 1 aromatic rings. The van der Waals surface area contributed by atoms with Crippen LogP contribution in [0.5, 0.6) is 0 Å². The maximum atomic E-state index is 12.9. The minimum Gasteiger partial charge on any atom is -0.306 e. The van der Waals surface area contributed by atoms with E-state index in [0.717, 1.165) is 24.1 Å². The van der Waals surface area contributed by atoms with Gasteiger partial charge in [-0.25, -0.2) is 4.39 Å². The van der Waals surface area contributed by atoms with Gasteiger partial charge in [-0.05, 0) is 35.3 Å². The second-order valence-corrected chi connectivity index (χ2v) is 4.08. The van der Waals surface area contributed by atoms with Crippen LogP contribution in [-0.4, -0.2) is 6.54 Å². The minimum absolute atomic E-state index is 0.0925. The van der Waals surface area contributed by atoms with Crippen molar-refractivity contribution in [2.45, 2.75) is 12.5 Å². The summed E-state index contributed by atoms with van der Waals surface area (Å²) in [5, 5.41) is 3.42. The van der Waals surface area contributed by atoms with Crippen molar-refractivity contribution in [1.82, 2.24) is 5.32 Å². The third-order valence-electron chi connectivity index (χ3n) is 3.09. The molecule has 1 nitrogen and oxygen atoms in total. The predicted octanol–water partition coefficient (Wildman–Crippen LogP) is 3.53. The summed E-state index contributed by atoms with van der Waals surface area (Å²) in [6.07, 6.45) is 4.70. The van der Waals surface area contributed by atoms with Crippen LogP contribution >= 0.6 is 0 Å². The number of halogens is 1. The van der Waals surface area contributed by atoms with Crippen LogP contribution in [0.3, 0.4) is 0 Å². The van der Waals surface area contributed by atoms with Crippen molar-refractivity contribution in [2.24, 2.45) is 0 Å². The molecule has 1 aromatic carbocycles. The zero-order valence-corrected chi connectivity index (χ0v) is 9.75. The Bertz CT molecular complexity index is 456. The molecule has 17 heavy (non-hydrogen) atoms. The lowest BCUT2D eigenvalue weighted by molar-refractivity contribution is 0.568. The van der Waals surface area contributed by atoms with Crippen molar-refractivity contribution in [3.05, 3.63) is 72.1 Å².